The summed E-state index contributed by atoms with van der Waals surface area (Å²) in [6.45, 7) is 3.91. The number of carbonyl (C=O) groups excluding carboxylic acids is 1. The SMILES string of the molecule is O=C(Cc1coc(-c2ccc(Cl)cc2)n1)N1CCC2(CCNC2)CC1. The maximum absolute atomic E-state index is 12.6. The third-order valence-electron chi connectivity index (χ3n) is 5.48. The molecule has 2 fully saturated rings. The Balaban J connectivity index is 1.36. The summed E-state index contributed by atoms with van der Waals surface area (Å²) < 4.78 is 5.52. The highest BCUT2D eigenvalue weighted by Gasteiger charge is 2.38. The molecule has 1 aromatic heterocycles. The number of hydrogen-bond acceptors (Lipinski definition) is 4. The molecule has 0 radical (unpaired) electrons. The topological polar surface area (TPSA) is 58.4 Å². The van der Waals surface area contributed by atoms with Crippen molar-refractivity contribution in [2.45, 2.75) is 25.7 Å². The Labute approximate surface area is 152 Å². The molecule has 25 heavy (non-hydrogen) atoms. The zero-order chi connectivity index (χ0) is 17.3. The first-order chi connectivity index (χ1) is 12.1. The number of likely N-dealkylation sites (tertiary alicyclic amines) is 1. The quantitative estimate of drug-likeness (QED) is 0.914. The van der Waals surface area contributed by atoms with Crippen molar-refractivity contribution < 1.29 is 9.21 Å². The number of aromatic nitrogens is 1. The number of carbonyl (C=O) groups is 1. The fraction of sp³-hybridized carbons (Fsp3) is 0.474. The summed E-state index contributed by atoms with van der Waals surface area (Å²) in [4.78, 5) is 19.0. The van der Waals surface area contributed by atoms with Crippen LogP contribution < -0.4 is 5.32 Å². The van der Waals surface area contributed by atoms with Crippen molar-refractivity contribution in [3.63, 3.8) is 0 Å². The summed E-state index contributed by atoms with van der Waals surface area (Å²) in [5.41, 5.74) is 1.96. The van der Waals surface area contributed by atoms with Crippen LogP contribution in [-0.2, 0) is 11.2 Å². The van der Waals surface area contributed by atoms with Crippen LogP contribution >= 0.6 is 11.6 Å². The van der Waals surface area contributed by atoms with E-state index >= 15 is 0 Å². The molecule has 2 saturated heterocycles. The van der Waals surface area contributed by atoms with Gasteiger partial charge in [0.25, 0.3) is 0 Å². The van der Waals surface area contributed by atoms with Gasteiger partial charge in [-0.15, -0.1) is 0 Å². The second kappa shape index (κ2) is 6.81. The molecule has 2 aliphatic heterocycles. The normalized spacial score (nSPS) is 19.5. The van der Waals surface area contributed by atoms with Crippen molar-refractivity contribution >= 4 is 17.5 Å². The molecule has 1 spiro atoms. The van der Waals surface area contributed by atoms with Gasteiger partial charge in [0.1, 0.15) is 6.26 Å². The van der Waals surface area contributed by atoms with Crippen LogP contribution in [0.2, 0.25) is 5.02 Å². The van der Waals surface area contributed by atoms with E-state index in [1.54, 1.807) is 18.4 Å². The Hall–Kier alpha value is -1.85. The molecule has 132 valence electrons. The average molecular weight is 360 g/mol. The first kappa shape index (κ1) is 16.6. The summed E-state index contributed by atoms with van der Waals surface area (Å²) in [7, 11) is 0. The van der Waals surface area contributed by atoms with Crippen LogP contribution in [0, 0.1) is 5.41 Å². The van der Waals surface area contributed by atoms with Crippen molar-refractivity contribution in [1.82, 2.24) is 15.2 Å². The highest BCUT2D eigenvalue weighted by Crippen LogP contribution is 2.37. The maximum atomic E-state index is 12.6. The van der Waals surface area contributed by atoms with Gasteiger partial charge in [-0.1, -0.05) is 11.6 Å². The summed E-state index contributed by atoms with van der Waals surface area (Å²) in [6, 6.07) is 7.32. The van der Waals surface area contributed by atoms with Crippen molar-refractivity contribution in [3.05, 3.63) is 41.2 Å². The van der Waals surface area contributed by atoms with Gasteiger partial charge in [-0.25, -0.2) is 4.98 Å². The molecule has 2 aliphatic rings. The first-order valence-electron chi connectivity index (χ1n) is 8.82. The summed E-state index contributed by atoms with van der Waals surface area (Å²) in [6.07, 6.45) is 5.31. The van der Waals surface area contributed by atoms with E-state index in [-0.39, 0.29) is 5.91 Å². The van der Waals surface area contributed by atoms with Crippen molar-refractivity contribution in [2.75, 3.05) is 26.2 Å². The minimum atomic E-state index is 0.136. The monoisotopic (exact) mass is 359 g/mol. The van der Waals surface area contributed by atoms with Gasteiger partial charge in [0.15, 0.2) is 0 Å². The Kier molecular flexibility index (Phi) is 4.52. The molecule has 6 heteroatoms. The number of halogens is 1. The molecule has 1 N–H and O–H groups in total. The average Bonchev–Trinajstić information content (AvgIpc) is 3.26. The minimum absolute atomic E-state index is 0.136. The largest absolute Gasteiger partial charge is 0.444 e. The summed E-state index contributed by atoms with van der Waals surface area (Å²) in [5, 5.41) is 4.13. The zero-order valence-electron chi connectivity index (χ0n) is 14.1. The molecular formula is C19H22ClN3O2. The number of nitrogens with one attached hydrogen (secondary N) is 1. The molecule has 0 atom stereocenters. The van der Waals surface area contributed by atoms with Gasteiger partial charge < -0.3 is 14.6 Å². The van der Waals surface area contributed by atoms with E-state index in [4.69, 9.17) is 16.0 Å². The highest BCUT2D eigenvalue weighted by atomic mass is 35.5. The van der Waals surface area contributed by atoms with Crippen molar-refractivity contribution in [2.24, 2.45) is 5.41 Å². The van der Waals surface area contributed by atoms with Gasteiger partial charge in [-0.3, -0.25) is 4.79 Å². The number of amides is 1. The van der Waals surface area contributed by atoms with Gasteiger partial charge in [-0.2, -0.15) is 0 Å². The molecule has 1 amide bonds. The number of rotatable bonds is 3. The van der Waals surface area contributed by atoms with Crippen molar-refractivity contribution in [3.8, 4) is 11.5 Å². The first-order valence-corrected chi connectivity index (χ1v) is 9.20. The maximum Gasteiger partial charge on any atom is 0.228 e. The molecular weight excluding hydrogens is 338 g/mol. The number of oxazole rings is 1. The number of piperidine rings is 1. The van der Waals surface area contributed by atoms with Crippen LogP contribution in [-0.4, -0.2) is 42.0 Å². The van der Waals surface area contributed by atoms with Gasteiger partial charge in [0, 0.05) is 30.2 Å². The molecule has 2 aromatic rings. The number of hydrogen-bond donors (Lipinski definition) is 1. The molecule has 3 heterocycles. The van der Waals surface area contributed by atoms with E-state index in [9.17, 15) is 4.79 Å². The molecule has 4 rings (SSSR count). The van der Waals surface area contributed by atoms with E-state index in [0.29, 0.717) is 28.4 Å². The van der Waals surface area contributed by atoms with E-state index < -0.39 is 0 Å². The predicted molar refractivity (Wildman–Crippen MR) is 96.4 cm³/mol. The molecule has 0 aliphatic carbocycles. The second-order valence-electron chi connectivity index (χ2n) is 7.14. The van der Waals surface area contributed by atoms with Crippen LogP contribution in [0.15, 0.2) is 34.9 Å². The van der Waals surface area contributed by atoms with Crippen LogP contribution in [0.1, 0.15) is 25.0 Å². The fourth-order valence-corrected chi connectivity index (χ4v) is 3.96. The smallest absolute Gasteiger partial charge is 0.228 e. The van der Waals surface area contributed by atoms with E-state index in [2.05, 4.69) is 10.3 Å². The van der Waals surface area contributed by atoms with Gasteiger partial charge in [0.2, 0.25) is 11.8 Å². The number of nitrogens with zero attached hydrogens (tertiary/aromatic N) is 2. The Bertz CT molecular complexity index is 740. The fourth-order valence-electron chi connectivity index (χ4n) is 3.83. The van der Waals surface area contributed by atoms with Crippen LogP contribution in [0.4, 0.5) is 0 Å². The molecule has 0 saturated carbocycles. The number of benzene rings is 1. The molecule has 1 aromatic carbocycles. The van der Waals surface area contributed by atoms with E-state index in [1.807, 2.05) is 17.0 Å². The van der Waals surface area contributed by atoms with Crippen LogP contribution in [0.5, 0.6) is 0 Å². The van der Waals surface area contributed by atoms with E-state index in [0.717, 1.165) is 44.6 Å². The molecule has 0 unspecified atom stereocenters. The van der Waals surface area contributed by atoms with Gasteiger partial charge >= 0.3 is 0 Å². The third-order valence-corrected chi connectivity index (χ3v) is 5.74. The zero-order valence-corrected chi connectivity index (χ0v) is 14.9. The minimum Gasteiger partial charge on any atom is -0.444 e. The van der Waals surface area contributed by atoms with Crippen molar-refractivity contribution in [1.29, 1.82) is 0 Å². The highest BCUT2D eigenvalue weighted by molar-refractivity contribution is 6.30. The summed E-state index contributed by atoms with van der Waals surface area (Å²) >= 11 is 5.90. The Morgan fingerprint density at radius 2 is 2.00 bits per heavy atom. The molecule has 5 nitrogen and oxygen atoms in total. The van der Waals surface area contributed by atoms with E-state index in [1.165, 1.54) is 6.42 Å². The standard InChI is InChI=1S/C19H22ClN3O2/c20-15-3-1-14(2-4-15)18-22-16(12-25-18)11-17(24)23-9-6-19(7-10-23)5-8-21-13-19/h1-4,12,21H,5-11,13H2. The van der Waals surface area contributed by atoms with Gasteiger partial charge in [0.05, 0.1) is 12.1 Å². The lowest BCUT2D eigenvalue weighted by Gasteiger charge is -2.38. The Morgan fingerprint density at radius 1 is 1.24 bits per heavy atom. The van der Waals surface area contributed by atoms with Crippen LogP contribution in [0.25, 0.3) is 11.5 Å². The van der Waals surface area contributed by atoms with Crippen LogP contribution in [0.3, 0.4) is 0 Å². The lowest BCUT2D eigenvalue weighted by atomic mass is 9.78. The third kappa shape index (κ3) is 3.58. The Morgan fingerprint density at radius 3 is 2.68 bits per heavy atom. The molecule has 0 bridgehead atoms. The second-order valence-corrected chi connectivity index (χ2v) is 7.57. The lowest BCUT2D eigenvalue weighted by Crippen LogP contribution is -2.44. The van der Waals surface area contributed by atoms with Gasteiger partial charge in [-0.05, 0) is 55.5 Å². The lowest BCUT2D eigenvalue weighted by molar-refractivity contribution is -0.132. The summed E-state index contributed by atoms with van der Waals surface area (Å²) in [5.74, 6) is 0.658. The predicted octanol–water partition coefficient (Wildman–Crippen LogP) is 3.14.